The monoisotopic (exact) mass is 257 g/mol. The summed E-state index contributed by atoms with van der Waals surface area (Å²) >= 11 is 0. The molecule has 1 heterocycles. The van der Waals surface area contributed by atoms with E-state index < -0.39 is 0 Å². The molecule has 1 N–H and O–H groups in total. The van der Waals surface area contributed by atoms with Crippen LogP contribution in [0.3, 0.4) is 0 Å². The summed E-state index contributed by atoms with van der Waals surface area (Å²) in [7, 11) is 1.62. The summed E-state index contributed by atoms with van der Waals surface area (Å²) in [5.41, 5.74) is 1.31. The van der Waals surface area contributed by atoms with Crippen LogP contribution in [0.25, 0.3) is 0 Å². The molecule has 0 saturated heterocycles. The number of aromatic nitrogens is 2. The maximum absolute atomic E-state index is 11.8. The Bertz CT molecular complexity index is 517. The highest BCUT2D eigenvalue weighted by Crippen LogP contribution is 2.14. The molecule has 0 bridgehead atoms. The van der Waals surface area contributed by atoms with Gasteiger partial charge in [-0.3, -0.25) is 9.78 Å². The Hall–Kier alpha value is -2.27. The third kappa shape index (κ3) is 3.59. The lowest BCUT2D eigenvalue weighted by molar-refractivity contribution is 0.0824. The molecule has 0 aliphatic rings. The highest BCUT2D eigenvalue weighted by atomic mass is 16.5. The molecule has 1 aromatic heterocycles. The van der Waals surface area contributed by atoms with Gasteiger partial charge in [-0.1, -0.05) is 30.3 Å². The number of benzene rings is 1. The lowest BCUT2D eigenvalue weighted by atomic mass is 10.1. The van der Waals surface area contributed by atoms with Crippen molar-refractivity contribution in [2.24, 2.45) is 0 Å². The maximum atomic E-state index is 11.8. The summed E-state index contributed by atoms with van der Waals surface area (Å²) in [5, 5.41) is 2.78. The average molecular weight is 257 g/mol. The number of nitrogens with one attached hydrogen (secondary N) is 1. The molecule has 1 aromatic carbocycles. The van der Waals surface area contributed by atoms with Crippen LogP contribution in [0.5, 0.6) is 0 Å². The van der Waals surface area contributed by atoms with Crippen molar-refractivity contribution in [3.05, 3.63) is 60.2 Å². The molecule has 0 spiro atoms. The molecule has 0 fully saturated rings. The minimum atomic E-state index is -0.258. The van der Waals surface area contributed by atoms with Crippen molar-refractivity contribution in [2.45, 2.75) is 6.10 Å². The van der Waals surface area contributed by atoms with Crippen molar-refractivity contribution < 1.29 is 9.53 Å². The number of hydrogen-bond acceptors (Lipinski definition) is 4. The number of carbonyl (C=O) groups excluding carboxylic acids is 1. The van der Waals surface area contributed by atoms with Gasteiger partial charge < -0.3 is 10.1 Å². The molecule has 1 amide bonds. The van der Waals surface area contributed by atoms with Gasteiger partial charge in [0.25, 0.3) is 5.91 Å². The molecule has 1 atom stereocenters. The number of nitrogens with zero attached hydrogens (tertiary/aromatic N) is 2. The Kier molecular flexibility index (Phi) is 4.58. The number of hydrogen-bond donors (Lipinski definition) is 1. The second-order valence-electron chi connectivity index (χ2n) is 3.94. The van der Waals surface area contributed by atoms with E-state index in [2.05, 4.69) is 15.3 Å². The second-order valence-corrected chi connectivity index (χ2v) is 3.94. The Balaban J connectivity index is 1.96. The molecule has 5 nitrogen and oxygen atoms in total. The number of methoxy groups -OCH3 is 1. The summed E-state index contributed by atoms with van der Waals surface area (Å²) in [6.45, 7) is 0.385. The van der Waals surface area contributed by atoms with E-state index in [1.807, 2.05) is 30.3 Å². The van der Waals surface area contributed by atoms with Crippen LogP contribution in [0.1, 0.15) is 22.2 Å². The first-order chi connectivity index (χ1) is 9.31. The summed E-state index contributed by atoms with van der Waals surface area (Å²) in [6, 6.07) is 9.73. The summed E-state index contributed by atoms with van der Waals surface area (Å²) in [5.74, 6) is -0.258. The van der Waals surface area contributed by atoms with E-state index >= 15 is 0 Å². The topological polar surface area (TPSA) is 64.1 Å². The number of ether oxygens (including phenoxy) is 1. The van der Waals surface area contributed by atoms with Gasteiger partial charge in [0, 0.05) is 26.0 Å². The third-order valence-corrected chi connectivity index (χ3v) is 2.70. The van der Waals surface area contributed by atoms with Crippen LogP contribution in [0.2, 0.25) is 0 Å². The molecule has 0 saturated carbocycles. The van der Waals surface area contributed by atoms with Crippen LogP contribution in [-0.2, 0) is 4.74 Å². The molecule has 0 aliphatic carbocycles. The smallest absolute Gasteiger partial charge is 0.271 e. The molecule has 2 aromatic rings. The zero-order valence-electron chi connectivity index (χ0n) is 10.6. The van der Waals surface area contributed by atoms with Gasteiger partial charge in [-0.2, -0.15) is 0 Å². The quantitative estimate of drug-likeness (QED) is 0.883. The maximum Gasteiger partial charge on any atom is 0.271 e. The van der Waals surface area contributed by atoms with Gasteiger partial charge in [-0.15, -0.1) is 0 Å². The zero-order valence-corrected chi connectivity index (χ0v) is 10.6. The van der Waals surface area contributed by atoms with E-state index in [1.54, 1.807) is 7.11 Å². The van der Waals surface area contributed by atoms with Crippen LogP contribution < -0.4 is 5.32 Å². The Morgan fingerprint density at radius 2 is 2.11 bits per heavy atom. The van der Waals surface area contributed by atoms with Gasteiger partial charge >= 0.3 is 0 Å². The Labute approximate surface area is 111 Å². The molecule has 0 radical (unpaired) electrons. The van der Waals surface area contributed by atoms with E-state index in [4.69, 9.17) is 4.74 Å². The lowest BCUT2D eigenvalue weighted by Gasteiger charge is -2.16. The first-order valence-electron chi connectivity index (χ1n) is 5.93. The second kappa shape index (κ2) is 6.61. The first-order valence-corrected chi connectivity index (χ1v) is 5.93. The molecule has 1 unspecified atom stereocenters. The molecule has 0 aliphatic heterocycles. The largest absolute Gasteiger partial charge is 0.375 e. The van der Waals surface area contributed by atoms with Crippen molar-refractivity contribution in [1.29, 1.82) is 0 Å². The standard InChI is InChI=1S/C14H15N3O2/c1-19-13(11-5-3-2-4-6-11)10-17-14(18)12-9-15-7-8-16-12/h2-9,13H,10H2,1H3,(H,17,18). The Morgan fingerprint density at radius 1 is 1.32 bits per heavy atom. The minimum Gasteiger partial charge on any atom is -0.375 e. The molecular weight excluding hydrogens is 242 g/mol. The number of carbonyl (C=O) groups is 1. The predicted octanol–water partition coefficient (Wildman–Crippen LogP) is 1.59. The van der Waals surface area contributed by atoms with Gasteiger partial charge in [0.1, 0.15) is 5.69 Å². The fourth-order valence-electron chi connectivity index (χ4n) is 1.70. The van der Waals surface area contributed by atoms with Gasteiger partial charge in [0.05, 0.1) is 12.3 Å². The first kappa shape index (κ1) is 13.2. The molecule has 19 heavy (non-hydrogen) atoms. The number of rotatable bonds is 5. The van der Waals surface area contributed by atoms with E-state index in [0.717, 1.165) is 5.56 Å². The van der Waals surface area contributed by atoms with Gasteiger partial charge in [0.15, 0.2) is 0 Å². The highest BCUT2D eigenvalue weighted by molar-refractivity contribution is 5.91. The summed E-state index contributed by atoms with van der Waals surface area (Å²) in [6.07, 6.45) is 4.26. The highest BCUT2D eigenvalue weighted by Gasteiger charge is 2.13. The molecule has 98 valence electrons. The van der Waals surface area contributed by atoms with Crippen LogP contribution in [0.4, 0.5) is 0 Å². The van der Waals surface area contributed by atoms with Crippen LogP contribution in [0, 0.1) is 0 Å². The summed E-state index contributed by atoms with van der Waals surface area (Å²) < 4.78 is 5.37. The van der Waals surface area contributed by atoms with Crippen molar-refractivity contribution >= 4 is 5.91 Å². The third-order valence-electron chi connectivity index (χ3n) is 2.70. The van der Waals surface area contributed by atoms with E-state index in [0.29, 0.717) is 12.2 Å². The van der Waals surface area contributed by atoms with Crippen molar-refractivity contribution in [1.82, 2.24) is 15.3 Å². The Morgan fingerprint density at radius 3 is 2.74 bits per heavy atom. The zero-order chi connectivity index (χ0) is 13.5. The van der Waals surface area contributed by atoms with E-state index in [1.165, 1.54) is 18.6 Å². The normalized spacial score (nSPS) is 11.8. The summed E-state index contributed by atoms with van der Waals surface area (Å²) in [4.78, 5) is 19.6. The molecular formula is C14H15N3O2. The van der Waals surface area contributed by atoms with Gasteiger partial charge in [-0.25, -0.2) is 4.98 Å². The van der Waals surface area contributed by atoms with Crippen molar-refractivity contribution in [3.8, 4) is 0 Å². The number of amides is 1. The van der Waals surface area contributed by atoms with E-state index in [-0.39, 0.29) is 12.0 Å². The fourth-order valence-corrected chi connectivity index (χ4v) is 1.70. The predicted molar refractivity (Wildman–Crippen MR) is 70.6 cm³/mol. The van der Waals surface area contributed by atoms with Crippen molar-refractivity contribution in [3.63, 3.8) is 0 Å². The van der Waals surface area contributed by atoms with Gasteiger partial charge in [-0.05, 0) is 5.56 Å². The molecule has 2 rings (SSSR count). The fraction of sp³-hybridized carbons (Fsp3) is 0.214. The van der Waals surface area contributed by atoms with E-state index in [9.17, 15) is 4.79 Å². The average Bonchev–Trinajstić information content (AvgIpc) is 2.49. The van der Waals surface area contributed by atoms with Crippen LogP contribution in [0.15, 0.2) is 48.9 Å². The van der Waals surface area contributed by atoms with Gasteiger partial charge in [0.2, 0.25) is 0 Å². The lowest BCUT2D eigenvalue weighted by Crippen LogP contribution is -2.29. The molecule has 5 heteroatoms. The van der Waals surface area contributed by atoms with Crippen LogP contribution >= 0.6 is 0 Å². The van der Waals surface area contributed by atoms with Crippen LogP contribution in [-0.4, -0.2) is 29.5 Å². The minimum absolute atomic E-state index is 0.179. The SMILES string of the molecule is COC(CNC(=O)c1cnccn1)c1ccccc1. The van der Waals surface area contributed by atoms with Crippen molar-refractivity contribution in [2.75, 3.05) is 13.7 Å².